The van der Waals surface area contributed by atoms with E-state index in [9.17, 15) is 0 Å². The average Bonchev–Trinajstić information content (AvgIpc) is 4.13. The van der Waals surface area contributed by atoms with Gasteiger partial charge in [-0.05, 0) is 97.5 Å². The first-order chi connectivity index (χ1) is 28.2. The predicted octanol–water partition coefficient (Wildman–Crippen LogP) is 13.1. The van der Waals surface area contributed by atoms with Gasteiger partial charge in [0.15, 0.2) is 0 Å². The molecule has 0 N–H and O–H groups in total. The van der Waals surface area contributed by atoms with Crippen molar-refractivity contribution in [2.24, 2.45) is 0 Å². The van der Waals surface area contributed by atoms with Crippen LogP contribution in [0.1, 0.15) is 35.1 Å². The Kier molecular flexibility index (Phi) is 7.55. The molecule has 0 radical (unpaired) electrons. The van der Waals surface area contributed by atoms with Crippen molar-refractivity contribution in [3.05, 3.63) is 205 Å². The lowest BCUT2D eigenvalue weighted by Crippen LogP contribution is -2.23. The summed E-state index contributed by atoms with van der Waals surface area (Å²) >= 11 is 0. The van der Waals surface area contributed by atoms with E-state index >= 15 is 0 Å². The van der Waals surface area contributed by atoms with Crippen LogP contribution < -0.4 is 9.05 Å². The highest BCUT2D eigenvalue weighted by atomic mass is 31.2. The lowest BCUT2D eigenvalue weighted by molar-refractivity contribution is 0.469. The molecular weight excluding hydrogens is 739 g/mol. The molecule has 12 rings (SSSR count). The first kappa shape index (κ1) is 33.1. The van der Waals surface area contributed by atoms with Crippen molar-refractivity contribution in [2.75, 3.05) is 0 Å². The second kappa shape index (κ2) is 13.0. The van der Waals surface area contributed by atoms with Crippen LogP contribution in [0.4, 0.5) is 0 Å². The van der Waals surface area contributed by atoms with E-state index in [1.165, 1.54) is 43.8 Å². The number of aryl methyl sites for hydroxylation is 2. The van der Waals surface area contributed by atoms with E-state index < -0.39 is 16.9 Å². The number of hydrogen-bond donors (Lipinski definition) is 0. The minimum Gasteiger partial charge on any atom is -0.436 e. The van der Waals surface area contributed by atoms with E-state index in [0.717, 1.165) is 59.2 Å². The summed E-state index contributed by atoms with van der Waals surface area (Å²) in [6, 6.07) is 56.7. The third kappa shape index (κ3) is 5.11. The van der Waals surface area contributed by atoms with Crippen molar-refractivity contribution in [3.8, 4) is 11.5 Å². The highest BCUT2D eigenvalue weighted by Gasteiger charge is 2.49. The van der Waals surface area contributed by atoms with Crippen LogP contribution in [0.5, 0.6) is 11.5 Å². The quantitative estimate of drug-likeness (QED) is 0.144. The molecule has 0 aliphatic heterocycles. The van der Waals surface area contributed by atoms with Crippen LogP contribution in [-0.4, -0.2) is 17.4 Å². The lowest BCUT2D eigenvalue weighted by atomic mass is 9.76. The number of fused-ring (bicyclic) bond motifs is 8. The first-order valence-electron chi connectivity index (χ1n) is 19.7. The summed E-state index contributed by atoms with van der Waals surface area (Å²) in [4.78, 5) is 0. The smallest absolute Gasteiger partial charge is 0.318 e. The van der Waals surface area contributed by atoms with Gasteiger partial charge in [0.25, 0.3) is 0 Å². The van der Waals surface area contributed by atoms with E-state index in [2.05, 4.69) is 200 Å². The van der Waals surface area contributed by atoms with Gasteiger partial charge in [0.1, 0.15) is 11.5 Å². The molecule has 4 aromatic heterocycles. The number of benzene rings is 6. The Balaban J connectivity index is 1.01. The number of para-hydroxylation sites is 4. The highest BCUT2D eigenvalue weighted by molar-refractivity contribution is 7.50. The van der Waals surface area contributed by atoms with Crippen LogP contribution in [0.25, 0.3) is 43.6 Å². The Hall–Kier alpha value is -6.06. The van der Waals surface area contributed by atoms with Crippen LogP contribution in [0.15, 0.2) is 183 Å². The Morgan fingerprint density at radius 2 is 0.702 bits per heavy atom. The first-order valence-corrected chi connectivity index (χ1v) is 22.0. The van der Waals surface area contributed by atoms with Gasteiger partial charge in [0, 0.05) is 62.9 Å². The maximum atomic E-state index is 7.55. The summed E-state index contributed by atoms with van der Waals surface area (Å²) in [5.41, 5.74) is 9.79. The van der Waals surface area contributed by atoms with E-state index in [1.54, 1.807) is 0 Å². The maximum Gasteiger partial charge on any atom is 0.318 e. The summed E-state index contributed by atoms with van der Waals surface area (Å²) in [6.45, 7) is 0. The minimum atomic E-state index is -1.36. The van der Waals surface area contributed by atoms with Crippen molar-refractivity contribution < 1.29 is 9.05 Å². The molecule has 1 spiro atoms. The fourth-order valence-corrected chi connectivity index (χ4v) is 13.3. The molecule has 2 aliphatic rings. The minimum absolute atomic E-state index is 0.241. The van der Waals surface area contributed by atoms with Gasteiger partial charge in [-0.15, -0.1) is 0 Å². The second-order valence-corrected chi connectivity index (χ2v) is 18.3. The van der Waals surface area contributed by atoms with Crippen molar-refractivity contribution >= 4 is 60.5 Å². The number of hydrogen-bond acceptors (Lipinski definition) is 2. The van der Waals surface area contributed by atoms with Crippen LogP contribution >= 0.6 is 16.9 Å². The predicted molar refractivity (Wildman–Crippen MR) is 235 cm³/mol. The standard InChI is InChI=1S/C49H38N4O2P2/c1-5-17-41-35(11-1)25-31-50(41)56(51-32-26-36-12-2-6-18-42(36)51)54-45-21-9-15-39-23-29-49(47(39)45)30-24-40-16-10-22-46(48(40)49)55-57(52-33-27-37-13-3-7-19-43(37)52)53-34-28-38-14-4-8-20-44(38)53/h1-22,25-28,31-34H,23-24,29-30H2. The highest BCUT2D eigenvalue weighted by Crippen LogP contribution is 2.61. The number of aromatic nitrogens is 4. The zero-order chi connectivity index (χ0) is 37.5. The van der Waals surface area contributed by atoms with Crippen LogP contribution in [0, 0.1) is 0 Å². The Morgan fingerprint density at radius 1 is 0.368 bits per heavy atom. The van der Waals surface area contributed by atoms with Gasteiger partial charge in [-0.25, -0.2) is 0 Å². The molecule has 8 heteroatoms. The molecule has 2 aliphatic carbocycles. The van der Waals surface area contributed by atoms with Gasteiger partial charge < -0.3 is 9.05 Å². The van der Waals surface area contributed by atoms with Crippen molar-refractivity contribution in [1.29, 1.82) is 0 Å². The van der Waals surface area contributed by atoms with Crippen LogP contribution in [0.2, 0.25) is 0 Å². The summed E-state index contributed by atoms with van der Waals surface area (Å²) in [5, 5.41) is 4.81. The van der Waals surface area contributed by atoms with E-state index in [1.807, 2.05) is 0 Å². The van der Waals surface area contributed by atoms with E-state index in [-0.39, 0.29) is 5.41 Å². The molecule has 0 unspecified atom stereocenters. The summed E-state index contributed by atoms with van der Waals surface area (Å²) in [5.74, 6) is 1.92. The van der Waals surface area contributed by atoms with Crippen LogP contribution in [0.3, 0.4) is 0 Å². The average molecular weight is 777 g/mol. The number of nitrogens with zero attached hydrogens (tertiary/aromatic N) is 4. The van der Waals surface area contributed by atoms with Gasteiger partial charge >= 0.3 is 16.9 Å². The Labute approximate surface area is 333 Å². The molecule has 0 atom stereocenters. The molecule has 6 nitrogen and oxygen atoms in total. The summed E-state index contributed by atoms with van der Waals surface area (Å²) < 4.78 is 24.4. The molecule has 4 heterocycles. The van der Waals surface area contributed by atoms with Gasteiger partial charge in [-0.1, -0.05) is 97.1 Å². The molecule has 0 saturated carbocycles. The molecule has 57 heavy (non-hydrogen) atoms. The zero-order valence-corrected chi connectivity index (χ0v) is 32.9. The van der Waals surface area contributed by atoms with Crippen molar-refractivity contribution in [2.45, 2.75) is 31.1 Å². The van der Waals surface area contributed by atoms with Gasteiger partial charge in [0.05, 0.1) is 22.1 Å². The van der Waals surface area contributed by atoms with Crippen molar-refractivity contribution in [3.63, 3.8) is 0 Å². The van der Waals surface area contributed by atoms with E-state index in [0.29, 0.717) is 0 Å². The van der Waals surface area contributed by atoms with Gasteiger partial charge in [0.2, 0.25) is 0 Å². The third-order valence-corrected chi connectivity index (χ3v) is 15.8. The van der Waals surface area contributed by atoms with E-state index in [4.69, 9.17) is 9.05 Å². The molecule has 10 aromatic rings. The molecular formula is C49H38N4O2P2. The largest absolute Gasteiger partial charge is 0.436 e. The topological polar surface area (TPSA) is 38.2 Å². The zero-order valence-electron chi connectivity index (χ0n) is 31.1. The molecule has 6 aromatic carbocycles. The van der Waals surface area contributed by atoms with Crippen LogP contribution in [-0.2, 0) is 18.3 Å². The summed E-state index contributed by atoms with van der Waals surface area (Å²) in [6.07, 6.45) is 12.8. The Morgan fingerprint density at radius 3 is 1.05 bits per heavy atom. The third-order valence-electron chi connectivity index (χ3n) is 12.2. The summed E-state index contributed by atoms with van der Waals surface area (Å²) in [7, 11) is -2.73. The fourth-order valence-electron chi connectivity index (χ4n) is 9.68. The van der Waals surface area contributed by atoms with Crippen molar-refractivity contribution in [1.82, 2.24) is 17.4 Å². The SMILES string of the molecule is c1cc2c(c(OP(n3ccc4ccccc43)n3ccc4ccccc43)c1)C1(CC2)CCc2cccc(OP(n3ccc4ccccc43)n3ccc4ccccc43)c21. The van der Waals surface area contributed by atoms with Gasteiger partial charge in [-0.3, -0.25) is 17.4 Å². The maximum absolute atomic E-state index is 7.55. The molecule has 0 amide bonds. The molecule has 276 valence electrons. The monoisotopic (exact) mass is 776 g/mol. The second-order valence-electron chi connectivity index (χ2n) is 15.2. The number of rotatable bonds is 8. The lowest BCUT2D eigenvalue weighted by Gasteiger charge is -2.32. The molecule has 0 fully saturated rings. The normalized spacial score (nSPS) is 14.5. The Bertz CT molecular complexity index is 2790. The molecule has 0 bridgehead atoms. The fraction of sp³-hybridized carbons (Fsp3) is 0.102. The molecule has 0 saturated heterocycles. The van der Waals surface area contributed by atoms with Gasteiger partial charge in [-0.2, -0.15) is 0 Å².